The van der Waals surface area contributed by atoms with Gasteiger partial charge in [-0.05, 0) is 20.8 Å². The molecule has 0 rings (SSSR count). The average molecular weight is 156 g/mol. The van der Waals surface area contributed by atoms with E-state index in [4.69, 9.17) is 0 Å². The summed E-state index contributed by atoms with van der Waals surface area (Å²) in [6.07, 6.45) is 0. The zero-order chi connectivity index (χ0) is 9.23. The van der Waals surface area contributed by atoms with Crippen molar-refractivity contribution in [2.75, 3.05) is 0 Å². The second-order valence-electron chi connectivity index (χ2n) is 3.70. The summed E-state index contributed by atoms with van der Waals surface area (Å²) in [5, 5.41) is 0. The normalized spacial score (nSPS) is 11.8. The molecule has 64 valence electrons. The van der Waals surface area contributed by atoms with Gasteiger partial charge < -0.3 is 0 Å². The molecule has 0 saturated heterocycles. The van der Waals surface area contributed by atoms with Crippen LogP contribution in [0.5, 0.6) is 0 Å². The van der Waals surface area contributed by atoms with Gasteiger partial charge in [0.05, 0.1) is 5.41 Å². The van der Waals surface area contributed by atoms with Crippen molar-refractivity contribution in [1.82, 2.24) is 0 Å². The van der Waals surface area contributed by atoms with E-state index in [2.05, 4.69) is 0 Å². The van der Waals surface area contributed by atoms with Gasteiger partial charge in [-0.15, -0.1) is 0 Å². The summed E-state index contributed by atoms with van der Waals surface area (Å²) < 4.78 is 0. The van der Waals surface area contributed by atoms with Crippen LogP contribution in [-0.4, -0.2) is 11.6 Å². The van der Waals surface area contributed by atoms with Crippen molar-refractivity contribution in [3.63, 3.8) is 0 Å². The van der Waals surface area contributed by atoms with Gasteiger partial charge in [0, 0.05) is 5.92 Å². The molecular formula is C9H16O2. The minimum Gasteiger partial charge on any atom is -0.299 e. The third-order valence-corrected chi connectivity index (χ3v) is 2.02. The van der Waals surface area contributed by atoms with E-state index in [1.54, 1.807) is 13.8 Å². The molecule has 11 heavy (non-hydrogen) atoms. The number of hydrogen-bond acceptors (Lipinski definition) is 2. The Kier molecular flexibility index (Phi) is 2.97. The first-order chi connectivity index (χ1) is 4.80. The first-order valence-corrected chi connectivity index (χ1v) is 3.85. The highest BCUT2D eigenvalue weighted by atomic mass is 16.2. The molecular weight excluding hydrogens is 140 g/mol. The Balaban J connectivity index is 4.56. The van der Waals surface area contributed by atoms with E-state index in [-0.39, 0.29) is 17.5 Å². The minimum absolute atomic E-state index is 0.0185. The maximum atomic E-state index is 11.4. The minimum atomic E-state index is -0.797. The number of ketones is 2. The van der Waals surface area contributed by atoms with E-state index in [9.17, 15) is 9.59 Å². The van der Waals surface area contributed by atoms with Crippen molar-refractivity contribution in [1.29, 1.82) is 0 Å². The second-order valence-corrected chi connectivity index (χ2v) is 3.70. The van der Waals surface area contributed by atoms with E-state index < -0.39 is 5.41 Å². The summed E-state index contributed by atoms with van der Waals surface area (Å²) in [4.78, 5) is 22.4. The quantitative estimate of drug-likeness (QED) is 0.584. The SMILES string of the molecule is CC(=O)C(C)(C)C(=O)C(C)C. The van der Waals surface area contributed by atoms with Gasteiger partial charge in [-0.25, -0.2) is 0 Å². The standard InChI is InChI=1S/C9H16O2/c1-6(2)8(11)9(4,5)7(3)10/h6H,1-5H3. The lowest BCUT2D eigenvalue weighted by atomic mass is 9.79. The van der Waals surface area contributed by atoms with E-state index in [0.717, 1.165) is 0 Å². The first-order valence-electron chi connectivity index (χ1n) is 3.85. The summed E-state index contributed by atoms with van der Waals surface area (Å²) in [7, 11) is 0. The molecule has 0 atom stereocenters. The largest absolute Gasteiger partial charge is 0.299 e. The van der Waals surface area contributed by atoms with E-state index in [0.29, 0.717) is 0 Å². The lowest BCUT2D eigenvalue weighted by molar-refractivity contribution is -0.139. The fourth-order valence-electron chi connectivity index (χ4n) is 0.895. The summed E-state index contributed by atoms with van der Waals surface area (Å²) in [6.45, 7) is 8.44. The highest BCUT2D eigenvalue weighted by Crippen LogP contribution is 2.21. The van der Waals surface area contributed by atoms with Gasteiger partial charge in [-0.2, -0.15) is 0 Å². The van der Waals surface area contributed by atoms with Gasteiger partial charge >= 0.3 is 0 Å². The van der Waals surface area contributed by atoms with Crippen LogP contribution in [0.3, 0.4) is 0 Å². The maximum absolute atomic E-state index is 11.4. The van der Waals surface area contributed by atoms with Crippen molar-refractivity contribution in [2.45, 2.75) is 34.6 Å². The third kappa shape index (κ3) is 2.14. The number of carbonyl (C=O) groups excluding carboxylic acids is 2. The van der Waals surface area contributed by atoms with Crippen molar-refractivity contribution in [2.24, 2.45) is 11.3 Å². The van der Waals surface area contributed by atoms with Gasteiger partial charge in [-0.3, -0.25) is 9.59 Å². The maximum Gasteiger partial charge on any atom is 0.148 e. The van der Waals surface area contributed by atoms with Crippen LogP contribution in [-0.2, 0) is 9.59 Å². The Morgan fingerprint density at radius 2 is 1.55 bits per heavy atom. The van der Waals surface area contributed by atoms with E-state index >= 15 is 0 Å². The highest BCUT2D eigenvalue weighted by Gasteiger charge is 2.33. The van der Waals surface area contributed by atoms with Gasteiger partial charge in [-0.1, -0.05) is 13.8 Å². The monoisotopic (exact) mass is 156 g/mol. The topological polar surface area (TPSA) is 34.1 Å². The molecule has 0 bridgehead atoms. The molecule has 0 amide bonds. The Morgan fingerprint density at radius 1 is 1.18 bits per heavy atom. The zero-order valence-corrected chi connectivity index (χ0v) is 7.89. The molecule has 0 spiro atoms. The van der Waals surface area contributed by atoms with E-state index in [1.807, 2.05) is 13.8 Å². The van der Waals surface area contributed by atoms with Crippen molar-refractivity contribution >= 4 is 11.6 Å². The van der Waals surface area contributed by atoms with Crippen LogP contribution in [0.15, 0.2) is 0 Å². The second kappa shape index (κ2) is 3.16. The molecule has 0 saturated carbocycles. The fraction of sp³-hybridized carbons (Fsp3) is 0.778. The number of hydrogen-bond donors (Lipinski definition) is 0. The molecule has 0 aliphatic heterocycles. The molecule has 0 radical (unpaired) electrons. The fourth-order valence-corrected chi connectivity index (χ4v) is 0.895. The van der Waals surface area contributed by atoms with Crippen molar-refractivity contribution in [3.8, 4) is 0 Å². The van der Waals surface area contributed by atoms with Crippen LogP contribution in [0.4, 0.5) is 0 Å². The predicted molar refractivity (Wildman–Crippen MR) is 44.3 cm³/mol. The van der Waals surface area contributed by atoms with E-state index in [1.165, 1.54) is 6.92 Å². The van der Waals surface area contributed by atoms with Gasteiger partial charge in [0.1, 0.15) is 11.6 Å². The summed E-state index contributed by atoms with van der Waals surface area (Å²) in [6, 6.07) is 0. The third-order valence-electron chi connectivity index (χ3n) is 2.02. The molecule has 2 nitrogen and oxygen atoms in total. The van der Waals surface area contributed by atoms with Gasteiger partial charge in [0.15, 0.2) is 0 Å². The molecule has 0 aliphatic carbocycles. The smallest absolute Gasteiger partial charge is 0.148 e. The predicted octanol–water partition coefficient (Wildman–Crippen LogP) is 1.83. The molecule has 0 aromatic rings. The summed E-state index contributed by atoms with van der Waals surface area (Å²) in [5.74, 6) is -0.102. The van der Waals surface area contributed by atoms with Crippen LogP contribution in [0.1, 0.15) is 34.6 Å². The van der Waals surface area contributed by atoms with Crippen LogP contribution in [0, 0.1) is 11.3 Å². The molecule has 0 aromatic heterocycles. The Morgan fingerprint density at radius 3 is 1.64 bits per heavy atom. The first kappa shape index (κ1) is 10.3. The highest BCUT2D eigenvalue weighted by molar-refractivity contribution is 6.05. The summed E-state index contributed by atoms with van der Waals surface area (Å²) in [5.41, 5.74) is -0.797. The zero-order valence-electron chi connectivity index (χ0n) is 7.89. The van der Waals surface area contributed by atoms with Crippen molar-refractivity contribution in [3.05, 3.63) is 0 Å². The van der Waals surface area contributed by atoms with Crippen LogP contribution in [0.2, 0.25) is 0 Å². The van der Waals surface area contributed by atoms with Gasteiger partial charge in [0.25, 0.3) is 0 Å². The molecule has 0 unspecified atom stereocenters. The molecule has 0 heterocycles. The summed E-state index contributed by atoms with van der Waals surface area (Å²) >= 11 is 0. The van der Waals surface area contributed by atoms with Crippen LogP contribution in [0.25, 0.3) is 0 Å². The molecule has 2 heteroatoms. The Hall–Kier alpha value is -0.660. The Bertz CT molecular complexity index is 178. The number of Topliss-reactive ketones (excluding diaryl/α,β-unsaturated/α-hetero) is 2. The average Bonchev–Trinajstić information content (AvgIpc) is 1.85. The molecule has 0 N–H and O–H groups in total. The Labute approximate surface area is 68.0 Å². The van der Waals surface area contributed by atoms with Crippen LogP contribution < -0.4 is 0 Å². The lowest BCUT2D eigenvalue weighted by Crippen LogP contribution is -2.34. The lowest BCUT2D eigenvalue weighted by Gasteiger charge is -2.21. The van der Waals surface area contributed by atoms with Gasteiger partial charge in [0.2, 0.25) is 0 Å². The van der Waals surface area contributed by atoms with Crippen molar-refractivity contribution < 1.29 is 9.59 Å². The number of rotatable bonds is 3. The molecule has 0 fully saturated rings. The van der Waals surface area contributed by atoms with Crippen LogP contribution >= 0.6 is 0 Å². The molecule has 0 aromatic carbocycles. The number of carbonyl (C=O) groups is 2. The molecule has 0 aliphatic rings.